The lowest BCUT2D eigenvalue weighted by atomic mass is 9.31. The van der Waals surface area contributed by atoms with E-state index in [1.54, 1.807) is 0 Å². The molecule has 0 heterocycles. The molecule has 2 radical (unpaired) electrons. The highest BCUT2D eigenvalue weighted by Gasteiger charge is 2.67. The number of fused-ring (bicyclic) bond motifs is 3. The van der Waals surface area contributed by atoms with Crippen molar-refractivity contribution in [2.75, 3.05) is 0 Å². The first-order valence-corrected chi connectivity index (χ1v) is 13.5. The fourth-order valence-electron chi connectivity index (χ4n) is 9.26. The van der Waals surface area contributed by atoms with E-state index in [2.05, 4.69) is 20.8 Å². The summed E-state index contributed by atoms with van der Waals surface area (Å²) >= 11 is 10.1. The van der Waals surface area contributed by atoms with Crippen LogP contribution in [0.2, 0.25) is 5.31 Å². The minimum Gasteiger partial charge on any atom is -0.328 e. The summed E-state index contributed by atoms with van der Waals surface area (Å²) in [5, 5.41) is 0.699. The fraction of sp³-hybridized carbons (Fsp3) is 1.00. The van der Waals surface area contributed by atoms with Gasteiger partial charge in [-0.1, -0.05) is 27.2 Å². The smallest absolute Gasteiger partial charge is 0.0775 e. The average molecular weight is 432 g/mol. The highest BCUT2D eigenvalue weighted by molar-refractivity contribution is 7.81. The third-order valence-electron chi connectivity index (χ3n) is 10.9. The molecule has 5 aliphatic rings. The van der Waals surface area contributed by atoms with Crippen molar-refractivity contribution in [1.29, 1.82) is 0 Å². The van der Waals surface area contributed by atoms with E-state index in [1.807, 2.05) is 0 Å². The summed E-state index contributed by atoms with van der Waals surface area (Å²) in [6, 6.07) is 0.106. The lowest BCUT2D eigenvalue weighted by Gasteiger charge is -2.70. The Labute approximate surface area is 191 Å². The Bertz CT molecular complexity index is 655. The van der Waals surface area contributed by atoms with Gasteiger partial charge in [-0.05, 0) is 109 Å². The lowest BCUT2D eigenvalue weighted by Crippen LogP contribution is -2.68. The van der Waals surface area contributed by atoms with Crippen molar-refractivity contribution >= 4 is 33.1 Å². The maximum atomic E-state index is 7.64. The molecule has 29 heavy (non-hydrogen) atoms. The van der Waals surface area contributed by atoms with Crippen LogP contribution >= 0.6 is 25.3 Å². The van der Waals surface area contributed by atoms with Gasteiger partial charge in [0.2, 0.25) is 0 Å². The molecule has 5 aliphatic carbocycles. The van der Waals surface area contributed by atoms with Crippen LogP contribution in [-0.2, 0) is 0 Å². The maximum Gasteiger partial charge on any atom is 0.0775 e. The van der Waals surface area contributed by atoms with Crippen molar-refractivity contribution in [3.8, 4) is 0 Å². The molecule has 0 aromatic heterocycles. The van der Waals surface area contributed by atoms with Gasteiger partial charge < -0.3 is 5.73 Å². The Morgan fingerprint density at radius 2 is 1.69 bits per heavy atom. The van der Waals surface area contributed by atoms with Gasteiger partial charge in [-0.3, -0.25) is 0 Å². The van der Waals surface area contributed by atoms with E-state index in [0.717, 1.165) is 24.2 Å². The third kappa shape index (κ3) is 3.15. The molecular weight excluding hydrogens is 389 g/mol. The van der Waals surface area contributed by atoms with Crippen molar-refractivity contribution in [3.05, 3.63) is 0 Å². The second kappa shape index (κ2) is 7.11. The molecule has 162 valence electrons. The maximum absolute atomic E-state index is 7.64. The Kier molecular flexibility index (Phi) is 5.29. The Hall–Kier alpha value is 0.725. The quantitative estimate of drug-likeness (QED) is 0.321. The van der Waals surface area contributed by atoms with Crippen LogP contribution in [0.1, 0.15) is 85.0 Å². The summed E-state index contributed by atoms with van der Waals surface area (Å²) in [6.45, 7) is 7.56. The van der Waals surface area contributed by atoms with Gasteiger partial charge in [-0.15, -0.1) is 0 Å². The molecule has 2 N–H and O–H groups in total. The molecule has 0 amide bonds. The second-order valence-corrected chi connectivity index (χ2v) is 14.3. The predicted molar refractivity (Wildman–Crippen MR) is 131 cm³/mol. The van der Waals surface area contributed by atoms with E-state index in [1.165, 1.54) is 57.8 Å². The molecule has 0 aromatic rings. The first-order valence-electron chi connectivity index (χ1n) is 12.5. The van der Waals surface area contributed by atoms with Crippen LogP contribution in [0.15, 0.2) is 0 Å². The average Bonchev–Trinajstić information content (AvgIpc) is 2.92. The predicted octanol–water partition coefficient (Wildman–Crippen LogP) is 5.94. The van der Waals surface area contributed by atoms with E-state index < -0.39 is 0 Å². The molecule has 4 bridgehead atoms. The van der Waals surface area contributed by atoms with Gasteiger partial charge in [0, 0.05) is 16.5 Å². The summed E-state index contributed by atoms with van der Waals surface area (Å²) in [6.07, 6.45) is 13.0. The van der Waals surface area contributed by atoms with Crippen LogP contribution in [0.4, 0.5) is 0 Å². The first kappa shape index (κ1) is 21.6. The Balaban J connectivity index is 1.61. The van der Waals surface area contributed by atoms with Crippen LogP contribution in [-0.4, -0.2) is 24.4 Å². The van der Waals surface area contributed by atoms with Crippen LogP contribution in [0.25, 0.3) is 0 Å². The SMILES string of the molecule is [B]C12C(N)C3C(S)CCCC3C3C(CCC(C)(C)CC[C@]4(C)CC(S)C[C@@H]14)CC32. The molecule has 5 fully saturated rings. The van der Waals surface area contributed by atoms with Gasteiger partial charge >= 0.3 is 0 Å². The van der Waals surface area contributed by atoms with Gasteiger partial charge in [0.1, 0.15) is 0 Å². The summed E-state index contributed by atoms with van der Waals surface area (Å²) in [5.41, 5.74) is 7.96. The molecule has 9 unspecified atom stereocenters. The highest BCUT2D eigenvalue weighted by Crippen LogP contribution is 2.73. The van der Waals surface area contributed by atoms with Gasteiger partial charge in [0.15, 0.2) is 0 Å². The number of rotatable bonds is 0. The Morgan fingerprint density at radius 1 is 0.931 bits per heavy atom. The minimum absolute atomic E-state index is 0.106. The van der Waals surface area contributed by atoms with Crippen molar-refractivity contribution < 1.29 is 0 Å². The summed E-state index contributed by atoms with van der Waals surface area (Å²) in [4.78, 5) is 0. The number of nitrogens with two attached hydrogens (primary N) is 1. The molecule has 11 atom stereocenters. The zero-order valence-electron chi connectivity index (χ0n) is 18.8. The van der Waals surface area contributed by atoms with E-state index >= 15 is 0 Å². The first-order chi connectivity index (χ1) is 13.6. The lowest BCUT2D eigenvalue weighted by molar-refractivity contribution is -0.128. The van der Waals surface area contributed by atoms with Crippen LogP contribution in [0.5, 0.6) is 0 Å². The second-order valence-electron chi connectivity index (χ2n) is 12.9. The zero-order chi connectivity index (χ0) is 20.8. The van der Waals surface area contributed by atoms with E-state index in [4.69, 9.17) is 38.8 Å². The van der Waals surface area contributed by atoms with E-state index in [0.29, 0.717) is 33.7 Å². The van der Waals surface area contributed by atoms with Gasteiger partial charge in [-0.25, -0.2) is 0 Å². The molecule has 5 saturated carbocycles. The molecule has 0 saturated heterocycles. The zero-order valence-corrected chi connectivity index (χ0v) is 20.6. The third-order valence-corrected chi connectivity index (χ3v) is 11.9. The molecule has 0 spiro atoms. The standard InChI is InChI=1S/C25H42BNS2/c1-23(2)8-7-14-11-17-20(14)16-5-4-6-18(29)21(16)22(27)25(17,26)19-12-15(28)13-24(19,3)10-9-23/h14-22,28-29H,4-13,27H2,1-3H3/t14?,15?,16?,17?,18?,19-,20?,21?,22?,24-,25?/m1/s1. The minimum atomic E-state index is -0.221. The summed E-state index contributed by atoms with van der Waals surface area (Å²) < 4.78 is 0. The molecule has 4 heteroatoms. The van der Waals surface area contributed by atoms with Crippen LogP contribution in [0.3, 0.4) is 0 Å². The number of hydrogen-bond donors (Lipinski definition) is 3. The molecular formula is C25H42BNS2. The molecule has 0 aromatic carbocycles. The number of thiol groups is 2. The summed E-state index contributed by atoms with van der Waals surface area (Å²) in [7, 11) is 7.64. The van der Waals surface area contributed by atoms with Crippen LogP contribution < -0.4 is 5.73 Å². The highest BCUT2D eigenvalue weighted by atomic mass is 32.1. The molecule has 5 rings (SSSR count). The fourth-order valence-corrected chi connectivity index (χ4v) is 10.5. The number of hydrogen-bond acceptors (Lipinski definition) is 3. The van der Waals surface area contributed by atoms with Gasteiger partial charge in [0.25, 0.3) is 0 Å². The monoisotopic (exact) mass is 431 g/mol. The summed E-state index contributed by atoms with van der Waals surface area (Å²) in [5.74, 6) is 4.10. The van der Waals surface area contributed by atoms with Crippen molar-refractivity contribution in [2.24, 2.45) is 52.1 Å². The van der Waals surface area contributed by atoms with Crippen molar-refractivity contribution in [2.45, 2.75) is 107 Å². The van der Waals surface area contributed by atoms with E-state index in [-0.39, 0.29) is 16.8 Å². The normalized spacial score (nSPS) is 59.0. The van der Waals surface area contributed by atoms with Gasteiger partial charge in [-0.2, -0.15) is 25.3 Å². The molecule has 0 aliphatic heterocycles. The van der Waals surface area contributed by atoms with Crippen LogP contribution in [0, 0.1) is 46.3 Å². The Morgan fingerprint density at radius 3 is 2.45 bits per heavy atom. The van der Waals surface area contributed by atoms with Crippen molar-refractivity contribution in [3.63, 3.8) is 0 Å². The largest absolute Gasteiger partial charge is 0.328 e. The molecule has 1 nitrogen and oxygen atoms in total. The van der Waals surface area contributed by atoms with Crippen molar-refractivity contribution in [1.82, 2.24) is 0 Å². The van der Waals surface area contributed by atoms with E-state index in [9.17, 15) is 0 Å². The van der Waals surface area contributed by atoms with Gasteiger partial charge in [0.05, 0.1) is 7.85 Å². The topological polar surface area (TPSA) is 26.0 Å².